The summed E-state index contributed by atoms with van der Waals surface area (Å²) in [6, 6.07) is 14.6. The highest BCUT2D eigenvalue weighted by Gasteiger charge is 2.11. The second kappa shape index (κ2) is 6.00. The topological polar surface area (TPSA) is 52.0 Å². The Bertz CT molecular complexity index is 570. The molecule has 1 atom stereocenters. The van der Waals surface area contributed by atoms with E-state index in [1.165, 1.54) is 11.1 Å². The Kier molecular flexibility index (Phi) is 4.33. The summed E-state index contributed by atoms with van der Waals surface area (Å²) in [5.74, 6) is 0.967. The Labute approximate surface area is 121 Å². The molecular formula is C18H24N2. The van der Waals surface area contributed by atoms with Crippen LogP contribution in [0.2, 0.25) is 0 Å². The normalized spacial score (nSPS) is 12.6. The van der Waals surface area contributed by atoms with Crippen LogP contribution in [0.5, 0.6) is 0 Å². The number of nitrogens with two attached hydrogens (primary N) is 2. The van der Waals surface area contributed by atoms with Gasteiger partial charge in [-0.15, -0.1) is 0 Å². The molecule has 0 amide bonds. The van der Waals surface area contributed by atoms with Gasteiger partial charge in [-0.3, -0.25) is 0 Å². The molecule has 0 aliphatic carbocycles. The molecule has 0 saturated carbocycles. The van der Waals surface area contributed by atoms with Crippen molar-refractivity contribution in [1.82, 2.24) is 0 Å². The van der Waals surface area contributed by atoms with E-state index in [2.05, 4.69) is 45.0 Å². The van der Waals surface area contributed by atoms with Crippen LogP contribution in [0, 0.1) is 5.92 Å². The minimum Gasteiger partial charge on any atom is -0.399 e. The molecule has 1 unspecified atom stereocenters. The van der Waals surface area contributed by atoms with Gasteiger partial charge in [0, 0.05) is 17.3 Å². The fraction of sp³-hybridized carbons (Fsp3) is 0.333. The van der Waals surface area contributed by atoms with E-state index in [1.807, 2.05) is 18.2 Å². The van der Waals surface area contributed by atoms with E-state index >= 15 is 0 Å². The molecule has 4 N–H and O–H groups in total. The molecule has 20 heavy (non-hydrogen) atoms. The average molecular weight is 268 g/mol. The number of anilines is 2. The Morgan fingerprint density at radius 3 is 2.10 bits per heavy atom. The molecule has 0 heterocycles. The summed E-state index contributed by atoms with van der Waals surface area (Å²) in [6.07, 6.45) is 1.12. The van der Waals surface area contributed by atoms with E-state index in [1.54, 1.807) is 0 Å². The van der Waals surface area contributed by atoms with Gasteiger partial charge in [-0.05, 0) is 41.2 Å². The van der Waals surface area contributed by atoms with Crippen molar-refractivity contribution in [2.45, 2.75) is 33.1 Å². The summed E-state index contributed by atoms with van der Waals surface area (Å²) >= 11 is 0. The summed E-state index contributed by atoms with van der Waals surface area (Å²) < 4.78 is 0. The van der Waals surface area contributed by atoms with Crippen LogP contribution in [0.3, 0.4) is 0 Å². The maximum absolute atomic E-state index is 6.08. The van der Waals surface area contributed by atoms with Crippen LogP contribution in [0.25, 0.3) is 0 Å². The number of benzene rings is 2. The summed E-state index contributed by atoms with van der Waals surface area (Å²) in [5, 5.41) is 0. The van der Waals surface area contributed by atoms with E-state index in [-0.39, 0.29) is 5.92 Å². The molecule has 0 radical (unpaired) electrons. The maximum Gasteiger partial charge on any atom is 0.0373 e. The molecule has 0 spiro atoms. The highest BCUT2D eigenvalue weighted by Crippen LogP contribution is 2.30. The van der Waals surface area contributed by atoms with Crippen LogP contribution in [0.4, 0.5) is 11.4 Å². The minimum absolute atomic E-state index is 0.281. The summed E-state index contributed by atoms with van der Waals surface area (Å²) in [6.45, 7) is 6.66. The van der Waals surface area contributed by atoms with Gasteiger partial charge in [0.2, 0.25) is 0 Å². The van der Waals surface area contributed by atoms with Crippen LogP contribution in [-0.2, 0) is 6.42 Å². The fourth-order valence-electron chi connectivity index (χ4n) is 2.58. The SMILES string of the molecule is CC(C)Cc1ccc(C(C)c2ccc(N)cc2N)cc1. The van der Waals surface area contributed by atoms with Crippen molar-refractivity contribution < 1.29 is 0 Å². The third kappa shape index (κ3) is 3.32. The molecule has 2 nitrogen and oxygen atoms in total. The van der Waals surface area contributed by atoms with Gasteiger partial charge in [-0.1, -0.05) is 51.1 Å². The van der Waals surface area contributed by atoms with Gasteiger partial charge in [0.05, 0.1) is 0 Å². The van der Waals surface area contributed by atoms with Crippen molar-refractivity contribution >= 4 is 11.4 Å². The zero-order valence-electron chi connectivity index (χ0n) is 12.6. The number of hydrogen-bond donors (Lipinski definition) is 2. The second-order valence-electron chi connectivity index (χ2n) is 5.95. The van der Waals surface area contributed by atoms with Gasteiger partial charge >= 0.3 is 0 Å². The highest BCUT2D eigenvalue weighted by molar-refractivity contribution is 5.59. The predicted molar refractivity (Wildman–Crippen MR) is 87.8 cm³/mol. The third-order valence-corrected chi connectivity index (χ3v) is 3.70. The van der Waals surface area contributed by atoms with Crippen molar-refractivity contribution in [3.05, 3.63) is 59.2 Å². The van der Waals surface area contributed by atoms with Gasteiger partial charge < -0.3 is 11.5 Å². The molecule has 0 saturated heterocycles. The lowest BCUT2D eigenvalue weighted by Crippen LogP contribution is -2.02. The first-order valence-electron chi connectivity index (χ1n) is 7.21. The fourth-order valence-corrected chi connectivity index (χ4v) is 2.58. The minimum atomic E-state index is 0.281. The average Bonchev–Trinajstić information content (AvgIpc) is 2.38. The molecule has 106 valence electrons. The largest absolute Gasteiger partial charge is 0.399 e. The lowest BCUT2D eigenvalue weighted by atomic mass is 9.90. The van der Waals surface area contributed by atoms with Gasteiger partial charge in [0.15, 0.2) is 0 Å². The van der Waals surface area contributed by atoms with Crippen LogP contribution >= 0.6 is 0 Å². The molecule has 2 rings (SSSR count). The number of hydrogen-bond acceptors (Lipinski definition) is 2. The molecule has 0 bridgehead atoms. The second-order valence-corrected chi connectivity index (χ2v) is 5.95. The summed E-state index contributed by atoms with van der Waals surface area (Å²) in [5.41, 5.74) is 17.1. The van der Waals surface area contributed by atoms with Crippen molar-refractivity contribution in [2.24, 2.45) is 5.92 Å². The lowest BCUT2D eigenvalue weighted by Gasteiger charge is -2.16. The van der Waals surface area contributed by atoms with Crippen LogP contribution in [0.15, 0.2) is 42.5 Å². The zero-order valence-corrected chi connectivity index (χ0v) is 12.6. The molecule has 0 aliphatic rings. The van der Waals surface area contributed by atoms with Crippen molar-refractivity contribution in [1.29, 1.82) is 0 Å². The van der Waals surface area contributed by atoms with E-state index in [9.17, 15) is 0 Å². The van der Waals surface area contributed by atoms with Crippen LogP contribution < -0.4 is 11.5 Å². The highest BCUT2D eigenvalue weighted by atomic mass is 14.6. The van der Waals surface area contributed by atoms with Gasteiger partial charge in [0.25, 0.3) is 0 Å². The van der Waals surface area contributed by atoms with Gasteiger partial charge in [0.1, 0.15) is 0 Å². The molecule has 0 aliphatic heterocycles. The van der Waals surface area contributed by atoms with Crippen molar-refractivity contribution in [3.63, 3.8) is 0 Å². The Morgan fingerprint density at radius 2 is 1.55 bits per heavy atom. The van der Waals surface area contributed by atoms with E-state index in [0.29, 0.717) is 11.6 Å². The number of nitrogen functional groups attached to an aromatic ring is 2. The summed E-state index contributed by atoms with van der Waals surface area (Å²) in [4.78, 5) is 0. The van der Waals surface area contributed by atoms with Gasteiger partial charge in [-0.25, -0.2) is 0 Å². The monoisotopic (exact) mass is 268 g/mol. The maximum atomic E-state index is 6.08. The predicted octanol–water partition coefficient (Wildman–Crippen LogP) is 4.20. The molecular weight excluding hydrogens is 244 g/mol. The molecule has 2 aromatic carbocycles. The number of rotatable bonds is 4. The quantitative estimate of drug-likeness (QED) is 0.816. The first-order chi connectivity index (χ1) is 9.47. The molecule has 0 fully saturated rings. The Morgan fingerprint density at radius 1 is 0.900 bits per heavy atom. The Balaban J connectivity index is 2.22. The zero-order chi connectivity index (χ0) is 14.7. The van der Waals surface area contributed by atoms with E-state index in [4.69, 9.17) is 11.5 Å². The first kappa shape index (κ1) is 14.4. The lowest BCUT2D eigenvalue weighted by molar-refractivity contribution is 0.647. The van der Waals surface area contributed by atoms with Crippen molar-refractivity contribution in [2.75, 3.05) is 11.5 Å². The standard InChI is InChI=1S/C18H24N2/c1-12(2)10-14-4-6-15(7-5-14)13(3)17-9-8-16(19)11-18(17)20/h4-9,11-13H,10,19-20H2,1-3H3. The Hall–Kier alpha value is -1.96. The molecule has 0 aromatic heterocycles. The van der Waals surface area contributed by atoms with Crippen LogP contribution in [0.1, 0.15) is 43.4 Å². The third-order valence-electron chi connectivity index (χ3n) is 3.70. The first-order valence-corrected chi connectivity index (χ1v) is 7.21. The molecule has 2 aromatic rings. The van der Waals surface area contributed by atoms with E-state index in [0.717, 1.165) is 17.7 Å². The molecule has 2 heteroatoms. The van der Waals surface area contributed by atoms with E-state index < -0.39 is 0 Å². The smallest absolute Gasteiger partial charge is 0.0373 e. The van der Waals surface area contributed by atoms with Crippen molar-refractivity contribution in [3.8, 4) is 0 Å². The van der Waals surface area contributed by atoms with Gasteiger partial charge in [-0.2, -0.15) is 0 Å². The summed E-state index contributed by atoms with van der Waals surface area (Å²) in [7, 11) is 0. The van der Waals surface area contributed by atoms with Crippen LogP contribution in [-0.4, -0.2) is 0 Å².